The molecule has 17 heavy (non-hydrogen) atoms. The molecule has 2 rings (SSSR count). The molecule has 2 N–H and O–H groups in total. The van der Waals surface area contributed by atoms with Crippen LogP contribution in [0.25, 0.3) is 11.4 Å². The Balaban J connectivity index is 2.61. The third kappa shape index (κ3) is 2.20. The lowest BCUT2D eigenvalue weighted by Gasteiger charge is -2.11. The van der Waals surface area contributed by atoms with Crippen LogP contribution < -0.4 is 10.5 Å². The van der Waals surface area contributed by atoms with Crippen molar-refractivity contribution in [1.29, 1.82) is 0 Å². The number of aryl methyl sites for hydroxylation is 2. The number of benzene rings is 1. The van der Waals surface area contributed by atoms with Crippen LogP contribution in [0.4, 0.5) is 5.69 Å². The zero-order valence-electron chi connectivity index (χ0n) is 10.2. The van der Waals surface area contributed by atoms with E-state index in [-0.39, 0.29) is 0 Å². The highest BCUT2D eigenvalue weighted by atomic mass is 16.5. The Hall–Kier alpha value is -2.10. The average Bonchev–Trinajstić information content (AvgIpc) is 2.29. The first-order chi connectivity index (χ1) is 8.11. The maximum atomic E-state index is 5.58. The minimum atomic E-state index is 0.553. The van der Waals surface area contributed by atoms with Crippen LogP contribution in [0.15, 0.2) is 24.5 Å². The molecule has 4 nitrogen and oxygen atoms in total. The van der Waals surface area contributed by atoms with Crippen molar-refractivity contribution in [2.24, 2.45) is 0 Å². The number of nitrogen functional groups attached to an aromatic ring is 1. The first-order valence-electron chi connectivity index (χ1n) is 5.35. The van der Waals surface area contributed by atoms with E-state index in [4.69, 9.17) is 10.5 Å². The fourth-order valence-electron chi connectivity index (χ4n) is 1.87. The van der Waals surface area contributed by atoms with Crippen LogP contribution in [0.5, 0.6) is 5.75 Å². The van der Waals surface area contributed by atoms with E-state index in [1.165, 1.54) is 0 Å². The van der Waals surface area contributed by atoms with Gasteiger partial charge in [0.2, 0.25) is 0 Å². The van der Waals surface area contributed by atoms with Gasteiger partial charge in [-0.2, -0.15) is 0 Å². The SMILES string of the molecule is COc1c(C)cc(C)cc1-c1ncc(N)cn1. The monoisotopic (exact) mass is 229 g/mol. The number of nitrogens with zero attached hydrogens (tertiary/aromatic N) is 2. The summed E-state index contributed by atoms with van der Waals surface area (Å²) in [6.45, 7) is 4.04. The van der Waals surface area contributed by atoms with E-state index in [0.717, 1.165) is 22.4 Å². The van der Waals surface area contributed by atoms with Gasteiger partial charge in [-0.05, 0) is 31.0 Å². The van der Waals surface area contributed by atoms with Gasteiger partial charge in [-0.15, -0.1) is 0 Å². The lowest BCUT2D eigenvalue weighted by molar-refractivity contribution is 0.413. The molecule has 0 unspecified atom stereocenters. The van der Waals surface area contributed by atoms with Gasteiger partial charge in [0.05, 0.1) is 30.8 Å². The molecule has 0 radical (unpaired) electrons. The molecule has 0 aliphatic heterocycles. The van der Waals surface area contributed by atoms with Crippen molar-refractivity contribution in [3.63, 3.8) is 0 Å². The molecule has 0 aliphatic carbocycles. The van der Waals surface area contributed by atoms with Crippen molar-refractivity contribution < 1.29 is 4.74 Å². The number of aromatic nitrogens is 2. The Labute approximate surface area is 100 Å². The van der Waals surface area contributed by atoms with Crippen LogP contribution in [-0.4, -0.2) is 17.1 Å². The Morgan fingerprint density at radius 2 is 1.76 bits per heavy atom. The minimum Gasteiger partial charge on any atom is -0.496 e. The number of rotatable bonds is 2. The zero-order chi connectivity index (χ0) is 12.4. The van der Waals surface area contributed by atoms with Crippen molar-refractivity contribution in [3.8, 4) is 17.1 Å². The second-order valence-corrected chi connectivity index (χ2v) is 4.00. The Bertz CT molecular complexity index is 535. The summed E-state index contributed by atoms with van der Waals surface area (Å²) in [6.07, 6.45) is 3.19. The predicted octanol–water partition coefficient (Wildman–Crippen LogP) is 2.35. The summed E-state index contributed by atoms with van der Waals surface area (Å²) >= 11 is 0. The molecule has 0 atom stereocenters. The number of hydrogen-bond donors (Lipinski definition) is 1. The van der Waals surface area contributed by atoms with Crippen molar-refractivity contribution in [2.45, 2.75) is 13.8 Å². The van der Waals surface area contributed by atoms with Gasteiger partial charge in [0, 0.05) is 0 Å². The van der Waals surface area contributed by atoms with E-state index >= 15 is 0 Å². The van der Waals surface area contributed by atoms with E-state index in [1.54, 1.807) is 19.5 Å². The van der Waals surface area contributed by atoms with Crippen molar-refractivity contribution in [1.82, 2.24) is 9.97 Å². The highest BCUT2D eigenvalue weighted by Gasteiger charge is 2.11. The molecule has 88 valence electrons. The largest absolute Gasteiger partial charge is 0.496 e. The molecule has 0 fully saturated rings. The molecule has 0 bridgehead atoms. The number of hydrogen-bond acceptors (Lipinski definition) is 4. The summed E-state index contributed by atoms with van der Waals surface area (Å²) in [5.41, 5.74) is 9.25. The summed E-state index contributed by atoms with van der Waals surface area (Å²) < 4.78 is 5.40. The molecule has 0 spiro atoms. The summed E-state index contributed by atoms with van der Waals surface area (Å²) in [7, 11) is 1.65. The quantitative estimate of drug-likeness (QED) is 0.858. The lowest BCUT2D eigenvalue weighted by Crippen LogP contribution is -1.97. The molecule has 1 aromatic carbocycles. The topological polar surface area (TPSA) is 61.0 Å². The average molecular weight is 229 g/mol. The van der Waals surface area contributed by atoms with Crippen molar-refractivity contribution in [3.05, 3.63) is 35.7 Å². The van der Waals surface area contributed by atoms with Crippen molar-refractivity contribution in [2.75, 3.05) is 12.8 Å². The standard InChI is InChI=1S/C13H15N3O/c1-8-4-9(2)12(17-3)11(5-8)13-15-6-10(14)7-16-13/h4-7H,14H2,1-3H3. The van der Waals surface area contributed by atoms with Crippen LogP contribution in [0.1, 0.15) is 11.1 Å². The van der Waals surface area contributed by atoms with Gasteiger partial charge in [-0.3, -0.25) is 0 Å². The number of ether oxygens (including phenoxy) is 1. The van der Waals surface area contributed by atoms with Crippen LogP contribution in [0, 0.1) is 13.8 Å². The molecule has 0 saturated heterocycles. The molecule has 2 aromatic rings. The second-order valence-electron chi connectivity index (χ2n) is 4.00. The zero-order valence-corrected chi connectivity index (χ0v) is 10.2. The van der Waals surface area contributed by atoms with Crippen LogP contribution in [0.3, 0.4) is 0 Å². The fraction of sp³-hybridized carbons (Fsp3) is 0.231. The van der Waals surface area contributed by atoms with Crippen LogP contribution in [-0.2, 0) is 0 Å². The van der Waals surface area contributed by atoms with E-state index in [0.29, 0.717) is 11.5 Å². The van der Waals surface area contributed by atoms with E-state index in [1.807, 2.05) is 19.9 Å². The molecule has 1 aromatic heterocycles. The third-order valence-corrected chi connectivity index (χ3v) is 2.54. The number of nitrogens with two attached hydrogens (primary N) is 1. The molecule has 1 heterocycles. The maximum Gasteiger partial charge on any atom is 0.163 e. The molecule has 0 aliphatic rings. The number of methoxy groups -OCH3 is 1. The van der Waals surface area contributed by atoms with Gasteiger partial charge in [0.1, 0.15) is 5.75 Å². The van der Waals surface area contributed by atoms with Gasteiger partial charge >= 0.3 is 0 Å². The van der Waals surface area contributed by atoms with Gasteiger partial charge in [-0.25, -0.2) is 9.97 Å². The van der Waals surface area contributed by atoms with Gasteiger partial charge in [0.15, 0.2) is 5.82 Å². The molecular formula is C13H15N3O. The van der Waals surface area contributed by atoms with Gasteiger partial charge in [-0.1, -0.05) is 6.07 Å². The van der Waals surface area contributed by atoms with Gasteiger partial charge < -0.3 is 10.5 Å². The van der Waals surface area contributed by atoms with E-state index in [9.17, 15) is 0 Å². The van der Waals surface area contributed by atoms with Crippen LogP contribution >= 0.6 is 0 Å². The van der Waals surface area contributed by atoms with Crippen LogP contribution in [0.2, 0.25) is 0 Å². The molecule has 4 heteroatoms. The normalized spacial score (nSPS) is 10.3. The Morgan fingerprint density at radius 3 is 2.35 bits per heavy atom. The smallest absolute Gasteiger partial charge is 0.163 e. The number of anilines is 1. The summed E-state index contributed by atoms with van der Waals surface area (Å²) in [5.74, 6) is 1.43. The Kier molecular flexibility index (Phi) is 2.95. The first kappa shape index (κ1) is 11.4. The summed E-state index contributed by atoms with van der Waals surface area (Å²) in [6, 6.07) is 4.08. The lowest BCUT2D eigenvalue weighted by atomic mass is 10.0. The van der Waals surface area contributed by atoms with E-state index < -0.39 is 0 Å². The summed E-state index contributed by atoms with van der Waals surface area (Å²) in [5, 5.41) is 0. The Morgan fingerprint density at radius 1 is 1.12 bits per heavy atom. The minimum absolute atomic E-state index is 0.553. The maximum absolute atomic E-state index is 5.58. The molecule has 0 amide bonds. The molecule has 0 saturated carbocycles. The second kappa shape index (κ2) is 4.41. The fourth-order valence-corrected chi connectivity index (χ4v) is 1.87. The van der Waals surface area contributed by atoms with E-state index in [2.05, 4.69) is 16.0 Å². The summed E-state index contributed by atoms with van der Waals surface area (Å²) in [4.78, 5) is 8.45. The third-order valence-electron chi connectivity index (χ3n) is 2.54. The van der Waals surface area contributed by atoms with Crippen molar-refractivity contribution >= 4 is 5.69 Å². The predicted molar refractivity (Wildman–Crippen MR) is 67.9 cm³/mol. The highest BCUT2D eigenvalue weighted by molar-refractivity contribution is 5.67. The van der Waals surface area contributed by atoms with Gasteiger partial charge in [0.25, 0.3) is 0 Å². The molecular weight excluding hydrogens is 214 g/mol. The first-order valence-corrected chi connectivity index (χ1v) is 5.35. The highest BCUT2D eigenvalue weighted by Crippen LogP contribution is 2.31.